The molecule has 0 aliphatic carbocycles. The van der Waals surface area contributed by atoms with Crippen molar-refractivity contribution in [2.24, 2.45) is 0 Å². The molecule has 134 valence electrons. The molecule has 1 atom stereocenters. The van der Waals surface area contributed by atoms with Gasteiger partial charge in [0.25, 0.3) is 5.69 Å². The van der Waals surface area contributed by atoms with E-state index in [0.29, 0.717) is 5.75 Å². The Labute approximate surface area is 153 Å². The second kappa shape index (κ2) is 9.86. The predicted molar refractivity (Wildman–Crippen MR) is 92.4 cm³/mol. The molecule has 1 aromatic carbocycles. The lowest BCUT2D eigenvalue weighted by Crippen LogP contribution is -3.00. The van der Waals surface area contributed by atoms with E-state index in [-0.39, 0.29) is 29.4 Å². The Kier molecular flexibility index (Phi) is 8.52. The number of carbonyl (C=O) groups excluding carboxylic acids is 1. The summed E-state index contributed by atoms with van der Waals surface area (Å²) in [6, 6.07) is 6.52. The van der Waals surface area contributed by atoms with Crippen LogP contribution in [0.15, 0.2) is 24.3 Å². The number of hydrogen-bond donors (Lipinski definition) is 0. The predicted octanol–water partition coefficient (Wildman–Crippen LogP) is -0.0953. The van der Waals surface area contributed by atoms with Crippen molar-refractivity contribution in [3.8, 4) is 0 Å². The number of benzene rings is 1. The maximum atomic E-state index is 12.1. The van der Waals surface area contributed by atoms with Gasteiger partial charge >= 0.3 is 0 Å². The van der Waals surface area contributed by atoms with E-state index in [1.165, 1.54) is 12.1 Å². The van der Waals surface area contributed by atoms with Gasteiger partial charge in [-0.15, -0.1) is 11.8 Å². The Balaban J connectivity index is 0.00000288. The van der Waals surface area contributed by atoms with Gasteiger partial charge in [0.2, 0.25) is 5.91 Å². The minimum atomic E-state index is -0.404. The molecule has 0 bridgehead atoms. The number of non-ortho nitro benzene ring substituents is 1. The summed E-state index contributed by atoms with van der Waals surface area (Å²) in [5.41, 5.74) is 1.03. The van der Waals surface area contributed by atoms with Gasteiger partial charge in [0.05, 0.1) is 10.7 Å². The molecule has 0 saturated carbocycles. The van der Waals surface area contributed by atoms with Crippen LogP contribution in [0.2, 0.25) is 0 Å². The van der Waals surface area contributed by atoms with E-state index in [2.05, 4.69) is 18.7 Å². The lowest BCUT2D eigenvalue weighted by molar-refractivity contribution is -0.384. The van der Waals surface area contributed by atoms with E-state index < -0.39 is 4.92 Å². The highest BCUT2D eigenvalue weighted by Crippen LogP contribution is 2.39. The molecule has 1 aliphatic rings. The summed E-state index contributed by atoms with van der Waals surface area (Å²) in [4.78, 5) is 26.7. The SMILES string of the molecule is CCN(CC)CCCN1C(=O)CSC1c1ccc([N+](=O)[O-])cc1.[Cl-]. The zero-order chi connectivity index (χ0) is 16.8. The third kappa shape index (κ3) is 5.09. The first-order valence-corrected chi connectivity index (χ1v) is 8.99. The quantitative estimate of drug-likeness (QED) is 0.471. The van der Waals surface area contributed by atoms with Crippen LogP contribution in [0.4, 0.5) is 5.69 Å². The Morgan fingerprint density at radius 3 is 2.46 bits per heavy atom. The molecule has 24 heavy (non-hydrogen) atoms. The lowest BCUT2D eigenvalue weighted by atomic mass is 10.2. The topological polar surface area (TPSA) is 66.7 Å². The van der Waals surface area contributed by atoms with E-state index in [0.717, 1.165) is 38.2 Å². The van der Waals surface area contributed by atoms with Gasteiger partial charge in [-0.25, -0.2) is 0 Å². The standard InChI is InChI=1S/C16H23N3O3S.ClH/c1-3-17(4-2)10-5-11-18-15(20)12-23-16(18)13-6-8-14(9-7-13)19(21)22;/h6-9,16H,3-5,10-12H2,1-2H3;1H/p-1. The van der Waals surface area contributed by atoms with Crippen LogP contribution in [-0.4, -0.2) is 52.6 Å². The van der Waals surface area contributed by atoms with Crippen molar-refractivity contribution in [2.75, 3.05) is 31.9 Å². The van der Waals surface area contributed by atoms with Gasteiger partial charge in [0, 0.05) is 18.7 Å². The lowest BCUT2D eigenvalue weighted by Gasteiger charge is -2.26. The molecule has 6 nitrogen and oxygen atoms in total. The molecular weight excluding hydrogens is 350 g/mol. The molecule has 1 aromatic rings. The number of nitrogens with zero attached hydrogens (tertiary/aromatic N) is 3. The molecule has 1 saturated heterocycles. The Morgan fingerprint density at radius 1 is 1.29 bits per heavy atom. The van der Waals surface area contributed by atoms with Crippen LogP contribution < -0.4 is 12.4 Å². The van der Waals surface area contributed by atoms with E-state index in [9.17, 15) is 14.9 Å². The van der Waals surface area contributed by atoms with Gasteiger partial charge < -0.3 is 22.2 Å². The van der Waals surface area contributed by atoms with E-state index in [1.54, 1.807) is 23.9 Å². The third-order valence-electron chi connectivity index (χ3n) is 4.12. The summed E-state index contributed by atoms with van der Waals surface area (Å²) < 4.78 is 0. The van der Waals surface area contributed by atoms with E-state index >= 15 is 0 Å². The fraction of sp³-hybridized carbons (Fsp3) is 0.562. The molecule has 1 unspecified atom stereocenters. The first kappa shape index (κ1) is 20.7. The molecular formula is C16H23ClN3O3S-. The number of amides is 1. The van der Waals surface area contributed by atoms with Crippen LogP contribution in [0.3, 0.4) is 0 Å². The maximum absolute atomic E-state index is 12.1. The average molecular weight is 373 g/mol. The zero-order valence-electron chi connectivity index (χ0n) is 14.0. The highest BCUT2D eigenvalue weighted by atomic mass is 35.5. The first-order valence-electron chi connectivity index (χ1n) is 7.94. The zero-order valence-corrected chi connectivity index (χ0v) is 15.6. The molecule has 1 amide bonds. The fourth-order valence-electron chi connectivity index (χ4n) is 2.74. The molecule has 0 spiro atoms. The second-order valence-corrected chi connectivity index (χ2v) is 6.55. The highest BCUT2D eigenvalue weighted by molar-refractivity contribution is 8.00. The number of hydrogen-bond acceptors (Lipinski definition) is 5. The van der Waals surface area contributed by atoms with E-state index in [4.69, 9.17) is 0 Å². The van der Waals surface area contributed by atoms with Crippen LogP contribution in [0.25, 0.3) is 0 Å². The van der Waals surface area contributed by atoms with Crippen LogP contribution in [0.1, 0.15) is 31.2 Å². The Morgan fingerprint density at radius 2 is 1.92 bits per heavy atom. The van der Waals surface area contributed by atoms with Gasteiger partial charge in [-0.3, -0.25) is 14.9 Å². The van der Waals surface area contributed by atoms with Crippen LogP contribution in [-0.2, 0) is 4.79 Å². The summed E-state index contributed by atoms with van der Waals surface area (Å²) in [6.07, 6.45) is 0.942. The van der Waals surface area contributed by atoms with Gasteiger partial charge in [-0.05, 0) is 43.8 Å². The Bertz CT molecular complexity index is 552. The average Bonchev–Trinajstić information content (AvgIpc) is 2.92. The number of nitro groups is 1. The normalized spacial score (nSPS) is 17.2. The molecule has 1 heterocycles. The minimum absolute atomic E-state index is 0. The van der Waals surface area contributed by atoms with Crippen LogP contribution in [0, 0.1) is 10.1 Å². The monoisotopic (exact) mass is 372 g/mol. The number of thioether (sulfide) groups is 1. The van der Waals surface area contributed by atoms with Crippen molar-refractivity contribution in [1.82, 2.24) is 9.80 Å². The summed E-state index contributed by atoms with van der Waals surface area (Å²) in [6.45, 7) is 8.02. The van der Waals surface area contributed by atoms with Crippen molar-refractivity contribution in [2.45, 2.75) is 25.6 Å². The molecule has 0 radical (unpaired) electrons. The molecule has 1 fully saturated rings. The minimum Gasteiger partial charge on any atom is -1.00 e. The maximum Gasteiger partial charge on any atom is 0.269 e. The second-order valence-electron chi connectivity index (χ2n) is 5.48. The summed E-state index contributed by atoms with van der Waals surface area (Å²) in [5.74, 6) is 0.630. The molecule has 2 rings (SSSR count). The highest BCUT2D eigenvalue weighted by Gasteiger charge is 2.32. The van der Waals surface area contributed by atoms with Crippen LogP contribution in [0.5, 0.6) is 0 Å². The number of carbonyl (C=O) groups is 1. The fourth-order valence-corrected chi connectivity index (χ4v) is 3.96. The summed E-state index contributed by atoms with van der Waals surface area (Å²) >= 11 is 1.59. The third-order valence-corrected chi connectivity index (χ3v) is 5.38. The van der Waals surface area contributed by atoms with Crippen molar-refractivity contribution < 1.29 is 22.1 Å². The number of nitro benzene ring substituents is 1. The molecule has 8 heteroatoms. The van der Waals surface area contributed by atoms with Crippen molar-refractivity contribution in [3.05, 3.63) is 39.9 Å². The summed E-state index contributed by atoms with van der Waals surface area (Å²) in [7, 11) is 0. The molecule has 0 N–H and O–H groups in total. The van der Waals surface area contributed by atoms with Gasteiger partial charge in [-0.2, -0.15) is 0 Å². The first-order chi connectivity index (χ1) is 11.1. The molecule has 0 aromatic heterocycles. The van der Waals surface area contributed by atoms with Crippen molar-refractivity contribution >= 4 is 23.4 Å². The van der Waals surface area contributed by atoms with Gasteiger partial charge in [-0.1, -0.05) is 13.8 Å². The smallest absolute Gasteiger partial charge is 0.269 e. The van der Waals surface area contributed by atoms with Gasteiger partial charge in [0.15, 0.2) is 0 Å². The van der Waals surface area contributed by atoms with Crippen LogP contribution >= 0.6 is 11.8 Å². The van der Waals surface area contributed by atoms with E-state index in [1.807, 2.05) is 4.90 Å². The largest absolute Gasteiger partial charge is 1.00 e. The van der Waals surface area contributed by atoms with Crippen molar-refractivity contribution in [3.63, 3.8) is 0 Å². The van der Waals surface area contributed by atoms with Gasteiger partial charge in [0.1, 0.15) is 5.37 Å². The van der Waals surface area contributed by atoms with Crippen molar-refractivity contribution in [1.29, 1.82) is 0 Å². The number of rotatable bonds is 8. The molecule has 1 aliphatic heterocycles. The Hall–Kier alpha value is -1.31. The summed E-state index contributed by atoms with van der Waals surface area (Å²) in [5, 5.41) is 10.7. The number of halogens is 1.